The molecule has 1 aromatic carbocycles. The van der Waals surface area contributed by atoms with Crippen molar-refractivity contribution < 1.29 is 19.4 Å². The molecule has 9 heteroatoms. The maximum atomic E-state index is 13.2. The summed E-state index contributed by atoms with van der Waals surface area (Å²) in [6, 6.07) is 10.2. The number of hydrogen-bond donors (Lipinski definition) is 1. The van der Waals surface area contributed by atoms with Gasteiger partial charge in [-0.1, -0.05) is 6.07 Å². The number of aromatic nitrogens is 4. The van der Waals surface area contributed by atoms with Gasteiger partial charge in [-0.3, -0.25) is 14.1 Å². The third-order valence-electron chi connectivity index (χ3n) is 6.81. The Morgan fingerprint density at radius 2 is 1.91 bits per heavy atom. The topological polar surface area (TPSA) is 84.8 Å². The van der Waals surface area contributed by atoms with Crippen LogP contribution in [-0.4, -0.2) is 59.6 Å². The van der Waals surface area contributed by atoms with E-state index in [9.17, 15) is 4.79 Å². The van der Waals surface area contributed by atoms with Crippen LogP contribution in [0.3, 0.4) is 0 Å². The molecular weight excluding hydrogens is 446 g/mol. The fraction of sp³-hybridized carbons (Fsp3) is 0.423. The molecule has 1 aliphatic heterocycles. The van der Waals surface area contributed by atoms with Gasteiger partial charge >= 0.3 is 5.69 Å². The van der Waals surface area contributed by atoms with Gasteiger partial charge in [-0.15, -0.1) is 0 Å². The van der Waals surface area contributed by atoms with Crippen LogP contribution in [0.15, 0.2) is 47.5 Å². The minimum Gasteiger partial charge on any atom is -0.477 e. The molecule has 1 atom stereocenters. The lowest BCUT2D eigenvalue weighted by molar-refractivity contribution is -1.07. The Morgan fingerprint density at radius 1 is 1.11 bits per heavy atom. The molecule has 1 fully saturated rings. The number of benzene rings is 1. The molecule has 1 saturated heterocycles. The van der Waals surface area contributed by atoms with Gasteiger partial charge in [0.1, 0.15) is 6.54 Å². The molecule has 0 spiro atoms. The first kappa shape index (κ1) is 23.5. The fourth-order valence-corrected chi connectivity index (χ4v) is 4.73. The number of pyridine rings is 2. The van der Waals surface area contributed by atoms with Gasteiger partial charge in [-0.2, -0.15) is 5.06 Å². The van der Waals surface area contributed by atoms with Crippen LogP contribution in [0, 0.1) is 0 Å². The molecule has 3 aromatic heterocycles. The monoisotopic (exact) mass is 478 g/mol. The predicted molar refractivity (Wildman–Crippen MR) is 134 cm³/mol. The van der Waals surface area contributed by atoms with Crippen LogP contribution in [0.2, 0.25) is 0 Å². The Balaban J connectivity index is 1.46. The predicted octanol–water partition coefficient (Wildman–Crippen LogP) is 2.15. The van der Waals surface area contributed by atoms with Gasteiger partial charge in [0.15, 0.2) is 0 Å². The molecule has 1 aliphatic rings. The summed E-state index contributed by atoms with van der Waals surface area (Å²) in [7, 11) is 5.47. The van der Waals surface area contributed by atoms with Crippen LogP contribution in [0.1, 0.15) is 25.3 Å². The first-order chi connectivity index (χ1) is 17.1. The maximum absolute atomic E-state index is 13.2. The van der Waals surface area contributed by atoms with Crippen molar-refractivity contribution in [1.82, 2.24) is 19.1 Å². The van der Waals surface area contributed by atoms with Crippen LogP contribution >= 0.6 is 0 Å². The van der Waals surface area contributed by atoms with Crippen molar-refractivity contribution >= 4 is 21.9 Å². The molecule has 184 valence electrons. The number of fused-ring (bicyclic) bond motifs is 3. The number of hydrogen-bond acceptors (Lipinski definition) is 6. The van der Waals surface area contributed by atoms with Crippen LogP contribution in [0.25, 0.3) is 33.1 Å². The number of imidazole rings is 1. The number of nitrogens with zero attached hydrogens (tertiary/aromatic N) is 4. The number of quaternary nitrogens is 1. The molecule has 1 N–H and O–H groups in total. The highest BCUT2D eigenvalue weighted by atomic mass is 16.7. The zero-order valence-electron chi connectivity index (χ0n) is 20.5. The fourth-order valence-electron chi connectivity index (χ4n) is 4.73. The Kier molecular flexibility index (Phi) is 6.81. The van der Waals surface area contributed by atoms with Crippen molar-refractivity contribution in [3.05, 3.63) is 53.2 Å². The second-order valence-electron chi connectivity index (χ2n) is 9.02. The minimum absolute atomic E-state index is 0.00642. The number of rotatable bonds is 8. The van der Waals surface area contributed by atoms with Crippen LogP contribution in [-0.2, 0) is 16.6 Å². The molecule has 4 heterocycles. The van der Waals surface area contributed by atoms with Gasteiger partial charge in [0.05, 0.1) is 43.5 Å². The van der Waals surface area contributed by atoms with E-state index >= 15 is 0 Å². The second-order valence-corrected chi connectivity index (χ2v) is 9.02. The molecule has 0 saturated carbocycles. The minimum atomic E-state index is -0.00642. The normalized spacial score (nSPS) is 15.6. The molecule has 0 radical (unpaired) electrons. The maximum Gasteiger partial charge on any atom is 0.329 e. The quantitative estimate of drug-likeness (QED) is 0.309. The highest BCUT2D eigenvalue weighted by Gasteiger charge is 2.23. The largest absolute Gasteiger partial charge is 0.477 e. The molecule has 0 amide bonds. The Bertz CT molecular complexity index is 1370. The average molecular weight is 479 g/mol. The van der Waals surface area contributed by atoms with E-state index in [2.05, 4.69) is 16.0 Å². The van der Waals surface area contributed by atoms with Gasteiger partial charge in [0.25, 0.3) is 0 Å². The van der Waals surface area contributed by atoms with Crippen molar-refractivity contribution in [1.29, 1.82) is 0 Å². The van der Waals surface area contributed by atoms with E-state index in [0.717, 1.165) is 63.9 Å². The Hall–Kier alpha value is -3.27. The first-order valence-electron chi connectivity index (χ1n) is 12.1. The van der Waals surface area contributed by atoms with Gasteiger partial charge in [-0.05, 0) is 36.6 Å². The molecule has 0 bridgehead atoms. The van der Waals surface area contributed by atoms with Crippen LogP contribution in [0.5, 0.6) is 5.88 Å². The van der Waals surface area contributed by atoms with Gasteiger partial charge in [0.2, 0.25) is 5.88 Å². The summed E-state index contributed by atoms with van der Waals surface area (Å²) in [5.41, 5.74) is 4.64. The molecule has 1 unspecified atom stereocenters. The lowest BCUT2D eigenvalue weighted by Crippen LogP contribution is -3.07. The zero-order valence-corrected chi connectivity index (χ0v) is 20.5. The molecule has 0 aliphatic carbocycles. The summed E-state index contributed by atoms with van der Waals surface area (Å²) in [5.74, 6) is 0.602. The van der Waals surface area contributed by atoms with Crippen molar-refractivity contribution in [2.75, 3.05) is 40.5 Å². The summed E-state index contributed by atoms with van der Waals surface area (Å²) in [4.78, 5) is 27.5. The van der Waals surface area contributed by atoms with E-state index in [4.69, 9.17) is 14.3 Å². The smallest absolute Gasteiger partial charge is 0.329 e. The summed E-state index contributed by atoms with van der Waals surface area (Å²) in [5, 5.41) is 1.96. The summed E-state index contributed by atoms with van der Waals surface area (Å²) >= 11 is 0. The van der Waals surface area contributed by atoms with E-state index in [0.29, 0.717) is 25.7 Å². The van der Waals surface area contributed by atoms with E-state index in [1.54, 1.807) is 17.9 Å². The van der Waals surface area contributed by atoms with E-state index in [1.807, 2.05) is 49.1 Å². The molecule has 35 heavy (non-hydrogen) atoms. The van der Waals surface area contributed by atoms with Crippen molar-refractivity contribution in [2.24, 2.45) is 7.05 Å². The lowest BCUT2D eigenvalue weighted by atomic mass is 10.0. The van der Waals surface area contributed by atoms with Crippen LogP contribution in [0.4, 0.5) is 0 Å². The number of hydroxylamine groups is 2. The third kappa shape index (κ3) is 4.67. The second kappa shape index (κ2) is 10.2. The molecular formula is C26H32N5O4+. The Morgan fingerprint density at radius 3 is 2.66 bits per heavy atom. The molecule has 9 nitrogen and oxygen atoms in total. The van der Waals surface area contributed by atoms with E-state index in [-0.39, 0.29) is 11.7 Å². The standard InChI is InChI=1S/C26H31N5O4/c1-29(33-3)11-4-12-35-24-8-6-19(16-28-24)18-5-7-22-21(15-18)25-23(17-27-22)30(2)26(32)31(25)20-9-13-34-14-10-20/h5-8,15-17,20H,4,9-14H2,1-3H3/p+1. The van der Waals surface area contributed by atoms with Crippen LogP contribution < -0.4 is 15.5 Å². The number of nitrogens with one attached hydrogen (secondary N) is 1. The zero-order chi connectivity index (χ0) is 24.4. The third-order valence-corrected chi connectivity index (χ3v) is 6.81. The number of aryl methyl sites for hydroxylation is 1. The van der Waals surface area contributed by atoms with Gasteiger partial charge in [0, 0.05) is 55.9 Å². The first-order valence-corrected chi connectivity index (χ1v) is 12.1. The van der Waals surface area contributed by atoms with E-state index < -0.39 is 0 Å². The van der Waals surface area contributed by atoms with Gasteiger partial charge in [-0.25, -0.2) is 14.6 Å². The van der Waals surface area contributed by atoms with Gasteiger partial charge < -0.3 is 9.47 Å². The van der Waals surface area contributed by atoms with E-state index in [1.165, 1.54) is 0 Å². The molecule has 5 rings (SSSR count). The highest BCUT2D eigenvalue weighted by molar-refractivity contribution is 6.04. The number of ether oxygens (including phenoxy) is 2. The highest BCUT2D eigenvalue weighted by Crippen LogP contribution is 2.31. The summed E-state index contributed by atoms with van der Waals surface area (Å²) in [6.45, 7) is 2.80. The SMILES string of the molecule is CO[NH+](C)CCCOc1ccc(-c2ccc3ncc4c(c3c2)n(C2CCOCC2)c(=O)n4C)cn1. The lowest BCUT2D eigenvalue weighted by Gasteiger charge is -2.23. The van der Waals surface area contributed by atoms with Crippen molar-refractivity contribution in [2.45, 2.75) is 25.3 Å². The Labute approximate surface area is 203 Å². The summed E-state index contributed by atoms with van der Waals surface area (Å²) in [6.07, 6.45) is 6.16. The molecule has 4 aromatic rings. The average Bonchev–Trinajstić information content (AvgIpc) is 3.17. The van der Waals surface area contributed by atoms with Crippen molar-refractivity contribution in [3.8, 4) is 17.0 Å². The summed E-state index contributed by atoms with van der Waals surface area (Å²) < 4.78 is 15.0. The van der Waals surface area contributed by atoms with Crippen molar-refractivity contribution in [3.63, 3.8) is 0 Å².